The zero-order valence-corrected chi connectivity index (χ0v) is 11.0. The van der Waals surface area contributed by atoms with Crippen LogP contribution in [0.1, 0.15) is 33.6 Å². The standard InChI is InChI=1S/C11H21ClN2O2/c1-4-5-11(2,3)8-14-10(16)7-13-9(15)6-12/h4-8H2,1-3H3,(H,13,15)(H,14,16). The summed E-state index contributed by atoms with van der Waals surface area (Å²) in [5, 5.41) is 5.21. The summed E-state index contributed by atoms with van der Waals surface area (Å²) >= 11 is 5.28. The lowest BCUT2D eigenvalue weighted by Crippen LogP contribution is -2.41. The Kier molecular flexibility index (Phi) is 7.13. The summed E-state index contributed by atoms with van der Waals surface area (Å²) in [5.74, 6) is -0.624. The number of rotatable bonds is 7. The van der Waals surface area contributed by atoms with Gasteiger partial charge in [0, 0.05) is 6.54 Å². The van der Waals surface area contributed by atoms with Gasteiger partial charge in [0.25, 0.3) is 0 Å². The topological polar surface area (TPSA) is 58.2 Å². The molecule has 94 valence electrons. The molecule has 0 bridgehead atoms. The second kappa shape index (κ2) is 7.49. The third-order valence-corrected chi connectivity index (χ3v) is 2.50. The van der Waals surface area contributed by atoms with E-state index in [1.165, 1.54) is 0 Å². The van der Waals surface area contributed by atoms with Gasteiger partial charge in [0.15, 0.2) is 0 Å². The largest absolute Gasteiger partial charge is 0.354 e. The van der Waals surface area contributed by atoms with Crippen molar-refractivity contribution < 1.29 is 9.59 Å². The van der Waals surface area contributed by atoms with Gasteiger partial charge in [0.05, 0.1) is 6.54 Å². The molecule has 0 spiro atoms. The number of nitrogens with one attached hydrogen (secondary N) is 2. The van der Waals surface area contributed by atoms with Crippen LogP contribution >= 0.6 is 11.6 Å². The summed E-state index contributed by atoms with van der Waals surface area (Å²) < 4.78 is 0. The molecule has 0 unspecified atom stereocenters. The summed E-state index contributed by atoms with van der Waals surface area (Å²) in [6.45, 7) is 6.94. The summed E-state index contributed by atoms with van der Waals surface area (Å²) in [7, 11) is 0. The molecule has 4 nitrogen and oxygen atoms in total. The van der Waals surface area contributed by atoms with Gasteiger partial charge >= 0.3 is 0 Å². The van der Waals surface area contributed by atoms with E-state index < -0.39 is 0 Å². The van der Waals surface area contributed by atoms with Gasteiger partial charge in [-0.05, 0) is 11.8 Å². The molecule has 0 aromatic carbocycles. The van der Waals surface area contributed by atoms with Crippen LogP contribution in [0.15, 0.2) is 0 Å². The highest BCUT2D eigenvalue weighted by atomic mass is 35.5. The predicted octanol–water partition coefficient (Wildman–Crippen LogP) is 1.28. The first-order chi connectivity index (χ1) is 7.41. The number of carbonyl (C=O) groups is 2. The molecule has 0 aliphatic rings. The van der Waals surface area contributed by atoms with E-state index in [1.54, 1.807) is 0 Å². The van der Waals surface area contributed by atoms with Crippen molar-refractivity contribution in [3.8, 4) is 0 Å². The summed E-state index contributed by atoms with van der Waals surface area (Å²) in [5.41, 5.74) is 0.0981. The average molecular weight is 249 g/mol. The minimum Gasteiger partial charge on any atom is -0.354 e. The number of alkyl halides is 1. The Hall–Kier alpha value is -0.770. The van der Waals surface area contributed by atoms with Crippen LogP contribution in [0.25, 0.3) is 0 Å². The van der Waals surface area contributed by atoms with Gasteiger partial charge in [0.2, 0.25) is 11.8 Å². The van der Waals surface area contributed by atoms with Gasteiger partial charge in [-0.3, -0.25) is 9.59 Å². The quantitative estimate of drug-likeness (QED) is 0.667. The molecular weight excluding hydrogens is 228 g/mol. The van der Waals surface area contributed by atoms with Gasteiger partial charge in [0.1, 0.15) is 5.88 Å². The first-order valence-electron chi connectivity index (χ1n) is 5.50. The average Bonchev–Trinajstić information content (AvgIpc) is 2.23. The first kappa shape index (κ1) is 15.2. The van der Waals surface area contributed by atoms with Gasteiger partial charge < -0.3 is 10.6 Å². The van der Waals surface area contributed by atoms with Crippen LogP contribution in [-0.4, -0.2) is 30.8 Å². The molecule has 2 amide bonds. The van der Waals surface area contributed by atoms with E-state index in [0.717, 1.165) is 12.8 Å². The zero-order valence-electron chi connectivity index (χ0n) is 10.2. The molecule has 0 saturated heterocycles. The molecule has 0 radical (unpaired) electrons. The third kappa shape index (κ3) is 7.51. The van der Waals surface area contributed by atoms with Crippen LogP contribution in [0.3, 0.4) is 0 Å². The Labute approximate surface area is 102 Å². The van der Waals surface area contributed by atoms with Crippen molar-refractivity contribution in [2.75, 3.05) is 19.0 Å². The van der Waals surface area contributed by atoms with Crippen LogP contribution in [0.4, 0.5) is 0 Å². The summed E-state index contributed by atoms with van der Waals surface area (Å²) in [6, 6.07) is 0. The number of amides is 2. The van der Waals surface area contributed by atoms with E-state index in [0.29, 0.717) is 6.54 Å². The molecule has 5 heteroatoms. The molecule has 0 aliphatic heterocycles. The minimum atomic E-state index is -0.329. The predicted molar refractivity (Wildman–Crippen MR) is 65.4 cm³/mol. The SMILES string of the molecule is CCCC(C)(C)CNC(=O)CNC(=O)CCl. The van der Waals surface area contributed by atoms with Crippen molar-refractivity contribution in [3.63, 3.8) is 0 Å². The molecule has 0 rings (SSSR count). The third-order valence-electron chi connectivity index (χ3n) is 2.26. The van der Waals surface area contributed by atoms with Crippen LogP contribution in [0, 0.1) is 5.41 Å². The van der Waals surface area contributed by atoms with Gasteiger partial charge in [-0.2, -0.15) is 0 Å². The molecule has 16 heavy (non-hydrogen) atoms. The Bertz CT molecular complexity index is 242. The van der Waals surface area contributed by atoms with Crippen molar-refractivity contribution in [2.24, 2.45) is 5.41 Å². The highest BCUT2D eigenvalue weighted by Crippen LogP contribution is 2.20. The summed E-state index contributed by atoms with van der Waals surface area (Å²) in [6.07, 6.45) is 2.15. The number of carbonyl (C=O) groups excluding carboxylic acids is 2. The zero-order chi connectivity index (χ0) is 12.6. The van der Waals surface area contributed by atoms with E-state index in [2.05, 4.69) is 31.4 Å². The molecule has 2 N–H and O–H groups in total. The lowest BCUT2D eigenvalue weighted by molar-refractivity contribution is -0.125. The van der Waals surface area contributed by atoms with Crippen LogP contribution in [0.2, 0.25) is 0 Å². The van der Waals surface area contributed by atoms with Crippen molar-refractivity contribution in [2.45, 2.75) is 33.6 Å². The van der Waals surface area contributed by atoms with Gasteiger partial charge in [-0.25, -0.2) is 0 Å². The molecular formula is C11H21ClN2O2. The molecule has 0 fully saturated rings. The highest BCUT2D eigenvalue weighted by Gasteiger charge is 2.17. The van der Waals surface area contributed by atoms with E-state index >= 15 is 0 Å². The fourth-order valence-electron chi connectivity index (χ4n) is 1.39. The molecule has 0 heterocycles. The second-order valence-electron chi connectivity index (χ2n) is 4.60. The Morgan fingerprint density at radius 3 is 2.31 bits per heavy atom. The van der Waals surface area contributed by atoms with Gasteiger partial charge in [-0.15, -0.1) is 11.6 Å². The summed E-state index contributed by atoms with van der Waals surface area (Å²) in [4.78, 5) is 22.1. The van der Waals surface area contributed by atoms with Crippen LogP contribution in [-0.2, 0) is 9.59 Å². The number of hydrogen-bond acceptors (Lipinski definition) is 2. The van der Waals surface area contributed by atoms with Gasteiger partial charge in [-0.1, -0.05) is 27.2 Å². The van der Waals surface area contributed by atoms with E-state index in [9.17, 15) is 9.59 Å². The lowest BCUT2D eigenvalue weighted by Gasteiger charge is -2.24. The number of hydrogen-bond donors (Lipinski definition) is 2. The molecule has 0 aromatic rings. The fraction of sp³-hybridized carbons (Fsp3) is 0.818. The molecule has 0 aliphatic carbocycles. The van der Waals surface area contributed by atoms with Crippen LogP contribution < -0.4 is 10.6 Å². The smallest absolute Gasteiger partial charge is 0.239 e. The maximum absolute atomic E-state index is 11.3. The fourth-order valence-corrected chi connectivity index (χ4v) is 1.49. The molecule has 0 atom stereocenters. The normalized spacial score (nSPS) is 11.0. The van der Waals surface area contributed by atoms with Crippen molar-refractivity contribution in [1.82, 2.24) is 10.6 Å². The Morgan fingerprint density at radius 2 is 1.81 bits per heavy atom. The number of halogens is 1. The molecule has 0 aromatic heterocycles. The van der Waals surface area contributed by atoms with Crippen molar-refractivity contribution >= 4 is 23.4 Å². The van der Waals surface area contributed by atoms with E-state index in [-0.39, 0.29) is 29.7 Å². The highest BCUT2D eigenvalue weighted by molar-refractivity contribution is 6.27. The van der Waals surface area contributed by atoms with Crippen molar-refractivity contribution in [1.29, 1.82) is 0 Å². The Balaban J connectivity index is 3.76. The monoisotopic (exact) mass is 248 g/mol. The van der Waals surface area contributed by atoms with E-state index in [1.807, 2.05) is 0 Å². The van der Waals surface area contributed by atoms with Crippen LogP contribution in [0.5, 0.6) is 0 Å². The first-order valence-corrected chi connectivity index (χ1v) is 6.04. The van der Waals surface area contributed by atoms with E-state index in [4.69, 9.17) is 11.6 Å². The lowest BCUT2D eigenvalue weighted by atomic mass is 9.88. The maximum Gasteiger partial charge on any atom is 0.239 e. The van der Waals surface area contributed by atoms with Crippen molar-refractivity contribution in [3.05, 3.63) is 0 Å². The minimum absolute atomic E-state index is 0.00619. The maximum atomic E-state index is 11.3. The molecule has 0 saturated carbocycles. The Morgan fingerprint density at radius 1 is 1.19 bits per heavy atom. The second-order valence-corrected chi connectivity index (χ2v) is 4.87.